The summed E-state index contributed by atoms with van der Waals surface area (Å²) in [7, 11) is 0. The molecular weight excluding hydrogens is 214 g/mol. The second-order valence-corrected chi connectivity index (χ2v) is 3.59. The Morgan fingerprint density at radius 2 is 2.12 bits per heavy atom. The minimum absolute atomic E-state index is 0.361. The number of nitrogens with zero attached hydrogens (tertiary/aromatic N) is 2. The summed E-state index contributed by atoms with van der Waals surface area (Å²) in [6.07, 6.45) is 0. The van der Waals surface area contributed by atoms with E-state index < -0.39 is 0 Å². The lowest BCUT2D eigenvalue weighted by atomic mass is 10.2. The summed E-state index contributed by atoms with van der Waals surface area (Å²) in [5.74, 6) is 0.911. The van der Waals surface area contributed by atoms with Gasteiger partial charge >= 0.3 is 0 Å². The van der Waals surface area contributed by atoms with Crippen LogP contribution in [0.5, 0.6) is 11.6 Å². The van der Waals surface area contributed by atoms with Gasteiger partial charge in [-0.2, -0.15) is 5.26 Å². The average Bonchev–Trinajstić information content (AvgIpc) is 2.34. The first kappa shape index (κ1) is 11.0. The van der Waals surface area contributed by atoms with Crippen molar-refractivity contribution < 1.29 is 4.74 Å². The number of hydrogen-bond donors (Lipinski definition) is 1. The van der Waals surface area contributed by atoms with Gasteiger partial charge in [0.15, 0.2) is 0 Å². The number of pyridine rings is 1. The third-order valence-corrected chi connectivity index (χ3v) is 2.21. The van der Waals surface area contributed by atoms with E-state index in [1.54, 1.807) is 30.3 Å². The second-order valence-electron chi connectivity index (χ2n) is 3.59. The standard InChI is InChI=1S/C13H11N3O/c1-9-5-6-12(15)13(16-9)17-11-4-2-3-10(7-11)8-14/h2-7H,15H2,1H3. The van der Waals surface area contributed by atoms with Crippen molar-refractivity contribution in [1.82, 2.24) is 4.98 Å². The zero-order valence-electron chi connectivity index (χ0n) is 9.34. The van der Waals surface area contributed by atoms with Crippen molar-refractivity contribution in [1.29, 1.82) is 5.26 Å². The number of hydrogen-bond acceptors (Lipinski definition) is 4. The second kappa shape index (κ2) is 4.54. The molecule has 2 rings (SSSR count). The molecule has 1 aromatic carbocycles. The van der Waals surface area contributed by atoms with Crippen molar-refractivity contribution in [2.45, 2.75) is 6.92 Å². The summed E-state index contributed by atoms with van der Waals surface area (Å²) in [5, 5.41) is 8.78. The van der Waals surface area contributed by atoms with Crippen LogP contribution < -0.4 is 10.5 Å². The molecule has 0 saturated carbocycles. The van der Waals surface area contributed by atoms with Crippen LogP contribution in [0.2, 0.25) is 0 Å². The van der Waals surface area contributed by atoms with Crippen molar-refractivity contribution in [3.63, 3.8) is 0 Å². The van der Waals surface area contributed by atoms with Crippen molar-refractivity contribution in [3.8, 4) is 17.7 Å². The largest absolute Gasteiger partial charge is 0.437 e. The molecule has 0 bridgehead atoms. The Hall–Kier alpha value is -2.54. The quantitative estimate of drug-likeness (QED) is 0.852. The van der Waals surface area contributed by atoms with Gasteiger partial charge in [0, 0.05) is 5.69 Å². The maximum Gasteiger partial charge on any atom is 0.242 e. The Kier molecular flexibility index (Phi) is 2.93. The highest BCUT2D eigenvalue weighted by atomic mass is 16.5. The predicted molar refractivity (Wildman–Crippen MR) is 64.6 cm³/mol. The van der Waals surface area contributed by atoms with Gasteiger partial charge in [0.05, 0.1) is 17.3 Å². The molecule has 0 saturated heterocycles. The van der Waals surface area contributed by atoms with Crippen LogP contribution in [-0.4, -0.2) is 4.98 Å². The highest BCUT2D eigenvalue weighted by Gasteiger charge is 2.04. The average molecular weight is 225 g/mol. The van der Waals surface area contributed by atoms with Crippen LogP contribution in [0.1, 0.15) is 11.3 Å². The van der Waals surface area contributed by atoms with E-state index in [2.05, 4.69) is 4.98 Å². The molecule has 17 heavy (non-hydrogen) atoms. The molecule has 1 heterocycles. The topological polar surface area (TPSA) is 71.9 Å². The van der Waals surface area contributed by atoms with Gasteiger partial charge in [-0.05, 0) is 37.3 Å². The van der Waals surface area contributed by atoms with Gasteiger partial charge in [-0.3, -0.25) is 0 Å². The van der Waals surface area contributed by atoms with Crippen molar-refractivity contribution in [3.05, 3.63) is 47.7 Å². The number of nitriles is 1. The number of aromatic nitrogens is 1. The summed E-state index contributed by atoms with van der Waals surface area (Å²) in [5.41, 5.74) is 7.59. The summed E-state index contributed by atoms with van der Waals surface area (Å²) in [6.45, 7) is 1.86. The molecule has 0 radical (unpaired) electrons. The van der Waals surface area contributed by atoms with E-state index in [4.69, 9.17) is 15.7 Å². The van der Waals surface area contributed by atoms with Crippen LogP contribution in [0.25, 0.3) is 0 Å². The smallest absolute Gasteiger partial charge is 0.242 e. The van der Waals surface area contributed by atoms with Crippen LogP contribution in [0.15, 0.2) is 36.4 Å². The Balaban J connectivity index is 2.31. The van der Waals surface area contributed by atoms with Crippen LogP contribution in [0, 0.1) is 18.3 Å². The first-order valence-electron chi connectivity index (χ1n) is 5.10. The normalized spacial score (nSPS) is 9.65. The van der Waals surface area contributed by atoms with E-state index in [1.165, 1.54) is 0 Å². The van der Waals surface area contributed by atoms with Gasteiger partial charge in [-0.1, -0.05) is 6.07 Å². The number of benzene rings is 1. The molecule has 0 atom stereocenters. The van der Waals surface area contributed by atoms with E-state index in [0.29, 0.717) is 22.9 Å². The van der Waals surface area contributed by atoms with Gasteiger partial charge in [0.2, 0.25) is 5.88 Å². The predicted octanol–water partition coefficient (Wildman–Crippen LogP) is 2.64. The zero-order valence-corrected chi connectivity index (χ0v) is 9.34. The Morgan fingerprint density at radius 3 is 2.88 bits per heavy atom. The summed E-state index contributed by atoms with van der Waals surface area (Å²) < 4.78 is 5.55. The molecule has 0 spiro atoms. The third-order valence-electron chi connectivity index (χ3n) is 2.21. The molecule has 2 aromatic rings. The van der Waals surface area contributed by atoms with E-state index in [0.717, 1.165) is 5.69 Å². The minimum atomic E-state index is 0.361. The molecule has 1 aromatic heterocycles. The highest BCUT2D eigenvalue weighted by molar-refractivity contribution is 5.50. The number of nitrogen functional groups attached to an aromatic ring is 1. The molecule has 4 nitrogen and oxygen atoms in total. The van der Waals surface area contributed by atoms with Gasteiger partial charge < -0.3 is 10.5 Å². The first-order chi connectivity index (χ1) is 8.19. The molecule has 2 N–H and O–H groups in total. The van der Waals surface area contributed by atoms with E-state index in [1.807, 2.05) is 19.1 Å². The van der Waals surface area contributed by atoms with E-state index >= 15 is 0 Å². The van der Waals surface area contributed by atoms with Crippen LogP contribution in [0.3, 0.4) is 0 Å². The SMILES string of the molecule is Cc1ccc(N)c(Oc2cccc(C#N)c2)n1. The molecule has 0 amide bonds. The molecule has 0 aliphatic heterocycles. The van der Waals surface area contributed by atoms with Crippen LogP contribution in [-0.2, 0) is 0 Å². The molecule has 84 valence electrons. The minimum Gasteiger partial charge on any atom is -0.437 e. The van der Waals surface area contributed by atoms with Crippen molar-refractivity contribution >= 4 is 5.69 Å². The number of rotatable bonds is 2. The Labute approximate surface area is 99.3 Å². The molecule has 0 fully saturated rings. The Morgan fingerprint density at radius 1 is 1.29 bits per heavy atom. The zero-order chi connectivity index (χ0) is 12.3. The lowest BCUT2D eigenvalue weighted by molar-refractivity contribution is 0.464. The fourth-order valence-corrected chi connectivity index (χ4v) is 1.37. The van der Waals surface area contributed by atoms with Crippen LogP contribution >= 0.6 is 0 Å². The number of nitrogens with two attached hydrogens (primary N) is 1. The van der Waals surface area contributed by atoms with Gasteiger partial charge in [-0.15, -0.1) is 0 Å². The molecular formula is C13H11N3O. The Bertz CT molecular complexity index is 587. The third kappa shape index (κ3) is 2.52. The number of ether oxygens (including phenoxy) is 1. The van der Waals surface area contributed by atoms with Crippen LogP contribution in [0.4, 0.5) is 5.69 Å². The van der Waals surface area contributed by atoms with E-state index in [9.17, 15) is 0 Å². The number of anilines is 1. The highest BCUT2D eigenvalue weighted by Crippen LogP contribution is 2.25. The maximum atomic E-state index is 8.78. The fraction of sp³-hybridized carbons (Fsp3) is 0.0769. The fourth-order valence-electron chi connectivity index (χ4n) is 1.37. The van der Waals surface area contributed by atoms with Gasteiger partial charge in [-0.25, -0.2) is 4.98 Å². The molecule has 0 unspecified atom stereocenters. The summed E-state index contributed by atoms with van der Waals surface area (Å²) in [6, 6.07) is 12.5. The summed E-state index contributed by atoms with van der Waals surface area (Å²) >= 11 is 0. The monoisotopic (exact) mass is 225 g/mol. The van der Waals surface area contributed by atoms with E-state index in [-0.39, 0.29) is 0 Å². The molecule has 0 aliphatic carbocycles. The maximum absolute atomic E-state index is 8.78. The van der Waals surface area contributed by atoms with Gasteiger partial charge in [0.1, 0.15) is 5.75 Å². The van der Waals surface area contributed by atoms with Crippen molar-refractivity contribution in [2.75, 3.05) is 5.73 Å². The summed E-state index contributed by atoms with van der Waals surface area (Å²) in [4.78, 5) is 4.19. The molecule has 0 aliphatic rings. The van der Waals surface area contributed by atoms with Crippen molar-refractivity contribution in [2.24, 2.45) is 0 Å². The first-order valence-corrected chi connectivity index (χ1v) is 5.10. The van der Waals surface area contributed by atoms with Gasteiger partial charge in [0.25, 0.3) is 0 Å². The lowest BCUT2D eigenvalue weighted by Crippen LogP contribution is -1.96. The number of aryl methyl sites for hydroxylation is 1. The molecule has 4 heteroatoms. The lowest BCUT2D eigenvalue weighted by Gasteiger charge is -2.07.